The molecule has 0 saturated carbocycles. The molecule has 0 aromatic carbocycles. The standard InChI is InChI=1S/C10H17NO/c1-4-9-6-8(3)7-11(9)10(12)5-2/h5,8-9H,2,4,6-7H2,1,3H3. The van der Waals surface area contributed by atoms with Crippen LogP contribution in [0.3, 0.4) is 0 Å². The Labute approximate surface area is 74.2 Å². The van der Waals surface area contributed by atoms with Crippen LogP contribution in [0, 0.1) is 5.92 Å². The van der Waals surface area contributed by atoms with Crippen LogP contribution in [0.1, 0.15) is 26.7 Å². The topological polar surface area (TPSA) is 20.3 Å². The van der Waals surface area contributed by atoms with Gasteiger partial charge < -0.3 is 4.90 Å². The van der Waals surface area contributed by atoms with E-state index < -0.39 is 0 Å². The lowest BCUT2D eigenvalue weighted by Gasteiger charge is -2.21. The van der Waals surface area contributed by atoms with Gasteiger partial charge in [-0.25, -0.2) is 0 Å². The molecule has 68 valence electrons. The lowest BCUT2D eigenvalue weighted by molar-refractivity contribution is -0.126. The molecule has 1 fully saturated rings. The zero-order valence-electron chi connectivity index (χ0n) is 7.92. The molecule has 1 aliphatic rings. The van der Waals surface area contributed by atoms with Crippen molar-refractivity contribution in [3.05, 3.63) is 12.7 Å². The second-order valence-electron chi connectivity index (χ2n) is 3.60. The van der Waals surface area contributed by atoms with E-state index in [0.717, 1.165) is 19.4 Å². The third-order valence-electron chi connectivity index (χ3n) is 2.55. The molecule has 1 amide bonds. The molecule has 0 N–H and O–H groups in total. The summed E-state index contributed by atoms with van der Waals surface area (Å²) in [5.41, 5.74) is 0. The van der Waals surface area contributed by atoms with Crippen LogP contribution in [-0.4, -0.2) is 23.4 Å². The molecule has 2 heteroatoms. The van der Waals surface area contributed by atoms with Gasteiger partial charge in [-0.15, -0.1) is 0 Å². The van der Waals surface area contributed by atoms with Crippen molar-refractivity contribution in [3.63, 3.8) is 0 Å². The fourth-order valence-electron chi connectivity index (χ4n) is 1.93. The quantitative estimate of drug-likeness (QED) is 0.574. The largest absolute Gasteiger partial charge is 0.336 e. The highest BCUT2D eigenvalue weighted by molar-refractivity contribution is 5.87. The number of likely N-dealkylation sites (tertiary alicyclic amines) is 1. The Balaban J connectivity index is 2.63. The van der Waals surface area contributed by atoms with Crippen LogP contribution in [0.2, 0.25) is 0 Å². The van der Waals surface area contributed by atoms with E-state index >= 15 is 0 Å². The van der Waals surface area contributed by atoms with Gasteiger partial charge in [-0.2, -0.15) is 0 Å². The summed E-state index contributed by atoms with van der Waals surface area (Å²) in [6.45, 7) is 8.74. The molecule has 0 aromatic rings. The first-order chi connectivity index (χ1) is 5.69. The fraction of sp³-hybridized carbons (Fsp3) is 0.700. The van der Waals surface area contributed by atoms with Gasteiger partial charge in [-0.3, -0.25) is 4.79 Å². The van der Waals surface area contributed by atoms with Gasteiger partial charge in [-0.1, -0.05) is 20.4 Å². The lowest BCUT2D eigenvalue weighted by atomic mass is 10.1. The maximum Gasteiger partial charge on any atom is 0.246 e. The molecule has 0 spiro atoms. The van der Waals surface area contributed by atoms with E-state index in [4.69, 9.17) is 0 Å². The molecular formula is C10H17NO. The van der Waals surface area contributed by atoms with Crippen molar-refractivity contribution in [2.45, 2.75) is 32.7 Å². The van der Waals surface area contributed by atoms with Crippen LogP contribution in [-0.2, 0) is 4.79 Å². The van der Waals surface area contributed by atoms with E-state index in [2.05, 4.69) is 20.4 Å². The number of amides is 1. The molecule has 12 heavy (non-hydrogen) atoms. The van der Waals surface area contributed by atoms with Crippen LogP contribution >= 0.6 is 0 Å². The third-order valence-corrected chi connectivity index (χ3v) is 2.55. The molecule has 1 aliphatic heterocycles. The normalized spacial score (nSPS) is 29.0. The van der Waals surface area contributed by atoms with Gasteiger partial charge in [0.1, 0.15) is 0 Å². The molecule has 1 saturated heterocycles. The van der Waals surface area contributed by atoms with Gasteiger partial charge in [0.15, 0.2) is 0 Å². The Hall–Kier alpha value is -0.790. The molecule has 0 radical (unpaired) electrons. The van der Waals surface area contributed by atoms with Crippen molar-refractivity contribution >= 4 is 5.91 Å². The fourth-order valence-corrected chi connectivity index (χ4v) is 1.93. The van der Waals surface area contributed by atoms with Gasteiger partial charge in [0.25, 0.3) is 0 Å². The van der Waals surface area contributed by atoms with Crippen molar-refractivity contribution in [2.24, 2.45) is 5.92 Å². The predicted octanol–water partition coefficient (Wildman–Crippen LogP) is 1.82. The highest BCUT2D eigenvalue weighted by Gasteiger charge is 2.30. The van der Waals surface area contributed by atoms with E-state index in [1.807, 2.05) is 4.90 Å². The maximum absolute atomic E-state index is 11.3. The lowest BCUT2D eigenvalue weighted by Crippen LogP contribution is -2.33. The van der Waals surface area contributed by atoms with Gasteiger partial charge in [0.2, 0.25) is 5.91 Å². The van der Waals surface area contributed by atoms with E-state index in [0.29, 0.717) is 12.0 Å². The van der Waals surface area contributed by atoms with E-state index in [9.17, 15) is 4.79 Å². The average molecular weight is 167 g/mol. The van der Waals surface area contributed by atoms with E-state index in [1.54, 1.807) is 0 Å². The number of nitrogens with zero attached hydrogens (tertiary/aromatic N) is 1. The predicted molar refractivity (Wildman–Crippen MR) is 49.8 cm³/mol. The summed E-state index contributed by atoms with van der Waals surface area (Å²) in [7, 11) is 0. The number of rotatable bonds is 2. The summed E-state index contributed by atoms with van der Waals surface area (Å²) in [4.78, 5) is 13.3. The van der Waals surface area contributed by atoms with Crippen LogP contribution in [0.4, 0.5) is 0 Å². The number of carbonyl (C=O) groups excluding carboxylic acids is 1. The highest BCUT2D eigenvalue weighted by Crippen LogP contribution is 2.24. The number of hydrogen-bond acceptors (Lipinski definition) is 1. The maximum atomic E-state index is 11.3. The van der Waals surface area contributed by atoms with Crippen molar-refractivity contribution < 1.29 is 4.79 Å². The molecule has 0 bridgehead atoms. The van der Waals surface area contributed by atoms with Crippen molar-refractivity contribution in [3.8, 4) is 0 Å². The molecule has 0 aliphatic carbocycles. The summed E-state index contributed by atoms with van der Waals surface area (Å²) in [6.07, 6.45) is 3.63. The average Bonchev–Trinajstić information content (AvgIpc) is 2.45. The summed E-state index contributed by atoms with van der Waals surface area (Å²) < 4.78 is 0. The van der Waals surface area contributed by atoms with Gasteiger partial charge >= 0.3 is 0 Å². The second kappa shape index (κ2) is 3.74. The van der Waals surface area contributed by atoms with Crippen molar-refractivity contribution in [1.29, 1.82) is 0 Å². The first kappa shape index (κ1) is 9.30. The van der Waals surface area contributed by atoms with Crippen LogP contribution in [0.15, 0.2) is 12.7 Å². The Morgan fingerprint density at radius 3 is 2.92 bits per heavy atom. The monoisotopic (exact) mass is 167 g/mol. The Kier molecular flexibility index (Phi) is 2.90. The summed E-state index contributed by atoms with van der Waals surface area (Å²) in [5, 5.41) is 0. The molecule has 0 aromatic heterocycles. The Morgan fingerprint density at radius 2 is 2.42 bits per heavy atom. The van der Waals surface area contributed by atoms with Crippen molar-refractivity contribution in [1.82, 2.24) is 4.90 Å². The summed E-state index contributed by atoms with van der Waals surface area (Å²) in [6, 6.07) is 0.450. The molecule has 2 unspecified atom stereocenters. The third kappa shape index (κ3) is 1.68. The molecule has 1 rings (SSSR count). The van der Waals surface area contributed by atoms with Gasteiger partial charge in [0, 0.05) is 12.6 Å². The SMILES string of the molecule is C=CC(=O)N1CC(C)CC1CC. The van der Waals surface area contributed by atoms with Crippen LogP contribution in [0.5, 0.6) is 0 Å². The molecule has 2 nitrogen and oxygen atoms in total. The Bertz CT molecular complexity index is 188. The Morgan fingerprint density at radius 1 is 1.75 bits per heavy atom. The minimum absolute atomic E-state index is 0.0891. The first-order valence-electron chi connectivity index (χ1n) is 4.62. The minimum Gasteiger partial charge on any atom is -0.336 e. The van der Waals surface area contributed by atoms with Crippen LogP contribution < -0.4 is 0 Å². The van der Waals surface area contributed by atoms with E-state index in [1.165, 1.54) is 6.08 Å². The van der Waals surface area contributed by atoms with Gasteiger partial charge in [-0.05, 0) is 24.8 Å². The molecular weight excluding hydrogens is 150 g/mol. The first-order valence-corrected chi connectivity index (χ1v) is 4.62. The van der Waals surface area contributed by atoms with Crippen LogP contribution in [0.25, 0.3) is 0 Å². The number of carbonyl (C=O) groups is 1. The zero-order valence-corrected chi connectivity index (χ0v) is 7.92. The smallest absolute Gasteiger partial charge is 0.246 e. The molecule has 1 heterocycles. The second-order valence-corrected chi connectivity index (χ2v) is 3.60. The number of hydrogen-bond donors (Lipinski definition) is 0. The van der Waals surface area contributed by atoms with E-state index in [-0.39, 0.29) is 5.91 Å². The molecule has 2 atom stereocenters. The summed E-state index contributed by atoms with van der Waals surface area (Å²) in [5.74, 6) is 0.741. The zero-order chi connectivity index (χ0) is 9.14. The summed E-state index contributed by atoms with van der Waals surface area (Å²) >= 11 is 0. The minimum atomic E-state index is 0.0891. The van der Waals surface area contributed by atoms with Gasteiger partial charge in [0.05, 0.1) is 0 Å². The van der Waals surface area contributed by atoms with Crippen molar-refractivity contribution in [2.75, 3.05) is 6.54 Å². The highest BCUT2D eigenvalue weighted by atomic mass is 16.2.